The van der Waals surface area contributed by atoms with Crippen molar-refractivity contribution in [3.05, 3.63) is 35.9 Å². The van der Waals surface area contributed by atoms with Gasteiger partial charge in [0.1, 0.15) is 6.10 Å². The summed E-state index contributed by atoms with van der Waals surface area (Å²) in [6.45, 7) is 0.332. The first-order valence-corrected chi connectivity index (χ1v) is 6.43. The molecule has 5 heteroatoms. The average Bonchev–Trinajstić information content (AvgIpc) is 2.70. The summed E-state index contributed by atoms with van der Waals surface area (Å²) in [6.07, 6.45) is -0.151. The van der Waals surface area contributed by atoms with Crippen molar-refractivity contribution < 1.29 is 14.3 Å². The molecular weight excluding hydrogens is 286 g/mol. The van der Waals surface area contributed by atoms with Crippen LogP contribution >= 0.6 is 15.9 Å². The number of carbonyl (C=O) groups excluding carboxylic acids is 2. The van der Waals surface area contributed by atoms with Gasteiger partial charge >= 0.3 is 6.09 Å². The standard InChI is InChI=1S/C12H12BrNO3/c13-7-11(15)14-8-10(17-12(14)16)6-9-4-2-1-3-5-9/h1-5,10H,6-8H2/t10-/m0/s1. The molecule has 1 aliphatic heterocycles. The number of amides is 2. The lowest BCUT2D eigenvalue weighted by Gasteiger charge is -2.08. The summed E-state index contributed by atoms with van der Waals surface area (Å²) in [5, 5.41) is 0.139. The van der Waals surface area contributed by atoms with Crippen LogP contribution in [0.15, 0.2) is 30.3 Å². The molecule has 0 radical (unpaired) electrons. The van der Waals surface area contributed by atoms with Gasteiger partial charge < -0.3 is 4.74 Å². The number of alkyl halides is 1. The van der Waals surface area contributed by atoms with Gasteiger partial charge in [0, 0.05) is 6.42 Å². The third-order valence-electron chi connectivity index (χ3n) is 2.60. The fourth-order valence-electron chi connectivity index (χ4n) is 1.78. The van der Waals surface area contributed by atoms with Crippen LogP contribution in [0.5, 0.6) is 0 Å². The third kappa shape index (κ3) is 2.85. The molecule has 0 aromatic heterocycles. The Morgan fingerprint density at radius 3 is 2.76 bits per heavy atom. The van der Waals surface area contributed by atoms with Gasteiger partial charge in [0.15, 0.2) is 0 Å². The number of hydrogen-bond donors (Lipinski definition) is 0. The zero-order valence-electron chi connectivity index (χ0n) is 9.14. The van der Waals surface area contributed by atoms with Gasteiger partial charge in [-0.05, 0) is 5.56 Å². The van der Waals surface area contributed by atoms with Crippen molar-refractivity contribution in [2.45, 2.75) is 12.5 Å². The molecule has 0 bridgehead atoms. The molecule has 1 heterocycles. The molecule has 2 amide bonds. The summed E-state index contributed by atoms with van der Waals surface area (Å²) < 4.78 is 5.15. The minimum atomic E-state index is -0.546. The number of cyclic esters (lactones) is 1. The fraction of sp³-hybridized carbons (Fsp3) is 0.333. The predicted molar refractivity (Wildman–Crippen MR) is 65.9 cm³/mol. The number of carbonyl (C=O) groups is 2. The van der Waals surface area contributed by atoms with Gasteiger partial charge in [-0.1, -0.05) is 46.3 Å². The van der Waals surface area contributed by atoms with Gasteiger partial charge in [-0.15, -0.1) is 0 Å². The quantitative estimate of drug-likeness (QED) is 0.802. The van der Waals surface area contributed by atoms with Crippen LogP contribution in [0.4, 0.5) is 4.79 Å². The number of halogens is 1. The van der Waals surface area contributed by atoms with E-state index in [1.165, 1.54) is 0 Å². The van der Waals surface area contributed by atoms with Gasteiger partial charge in [-0.25, -0.2) is 9.69 Å². The van der Waals surface area contributed by atoms with Crippen LogP contribution in [0.2, 0.25) is 0 Å². The highest BCUT2D eigenvalue weighted by atomic mass is 79.9. The number of nitrogens with zero attached hydrogens (tertiary/aromatic N) is 1. The largest absolute Gasteiger partial charge is 0.444 e. The maximum Gasteiger partial charge on any atom is 0.417 e. The topological polar surface area (TPSA) is 46.6 Å². The monoisotopic (exact) mass is 297 g/mol. The maximum absolute atomic E-state index is 11.4. The third-order valence-corrected chi connectivity index (χ3v) is 3.08. The minimum Gasteiger partial charge on any atom is -0.444 e. The van der Waals surface area contributed by atoms with E-state index in [4.69, 9.17) is 4.74 Å². The molecule has 1 saturated heterocycles. The first-order chi connectivity index (χ1) is 8.20. The second-order valence-corrected chi connectivity index (χ2v) is 4.39. The first-order valence-electron chi connectivity index (χ1n) is 5.31. The van der Waals surface area contributed by atoms with Crippen molar-refractivity contribution in [2.75, 3.05) is 11.9 Å². The SMILES string of the molecule is O=C(CBr)N1C[C@H](Cc2ccccc2)OC1=O. The van der Waals surface area contributed by atoms with E-state index in [1.807, 2.05) is 30.3 Å². The van der Waals surface area contributed by atoms with Crippen molar-refractivity contribution >= 4 is 27.9 Å². The van der Waals surface area contributed by atoms with Gasteiger partial charge in [0.2, 0.25) is 5.91 Å². The molecule has 4 nitrogen and oxygen atoms in total. The van der Waals surface area contributed by atoms with E-state index in [9.17, 15) is 9.59 Å². The van der Waals surface area contributed by atoms with E-state index in [-0.39, 0.29) is 17.3 Å². The molecule has 1 aromatic carbocycles. The highest BCUT2D eigenvalue weighted by Crippen LogP contribution is 2.16. The number of imide groups is 1. The molecule has 0 unspecified atom stereocenters. The molecule has 1 aliphatic rings. The zero-order valence-corrected chi connectivity index (χ0v) is 10.7. The van der Waals surface area contributed by atoms with Gasteiger partial charge in [-0.3, -0.25) is 4.79 Å². The van der Waals surface area contributed by atoms with E-state index < -0.39 is 6.09 Å². The van der Waals surface area contributed by atoms with Crippen LogP contribution in [0, 0.1) is 0 Å². The Morgan fingerprint density at radius 1 is 1.41 bits per heavy atom. The lowest BCUT2D eigenvalue weighted by Crippen LogP contribution is -2.33. The molecule has 0 spiro atoms. The Labute approximate surface area is 108 Å². The molecular formula is C12H12BrNO3. The Hall–Kier alpha value is -1.36. The lowest BCUT2D eigenvalue weighted by atomic mass is 10.1. The minimum absolute atomic E-state index is 0.139. The molecule has 90 valence electrons. The van der Waals surface area contributed by atoms with E-state index in [0.717, 1.165) is 10.5 Å². The highest BCUT2D eigenvalue weighted by Gasteiger charge is 2.34. The van der Waals surface area contributed by atoms with Crippen LogP contribution in [-0.2, 0) is 16.0 Å². The molecule has 2 rings (SSSR count). The molecule has 17 heavy (non-hydrogen) atoms. The maximum atomic E-state index is 11.4. The van der Waals surface area contributed by atoms with Gasteiger partial charge in [-0.2, -0.15) is 0 Å². The van der Waals surface area contributed by atoms with E-state index >= 15 is 0 Å². The normalized spacial score (nSPS) is 19.2. The number of rotatable bonds is 3. The van der Waals surface area contributed by atoms with Crippen LogP contribution < -0.4 is 0 Å². The van der Waals surface area contributed by atoms with Crippen LogP contribution in [-0.4, -0.2) is 34.9 Å². The summed E-state index contributed by atoms with van der Waals surface area (Å²) >= 11 is 3.04. The second kappa shape index (κ2) is 5.31. The van der Waals surface area contributed by atoms with Crippen molar-refractivity contribution in [3.8, 4) is 0 Å². The smallest absolute Gasteiger partial charge is 0.417 e. The molecule has 0 saturated carbocycles. The van der Waals surface area contributed by atoms with Crippen molar-refractivity contribution in [3.63, 3.8) is 0 Å². The molecule has 1 aromatic rings. The molecule has 0 aliphatic carbocycles. The van der Waals surface area contributed by atoms with E-state index in [2.05, 4.69) is 15.9 Å². The summed E-state index contributed by atoms with van der Waals surface area (Å²) in [7, 11) is 0. The molecule has 0 N–H and O–H groups in total. The van der Waals surface area contributed by atoms with Gasteiger partial charge in [0.05, 0.1) is 11.9 Å². The average molecular weight is 298 g/mol. The Balaban J connectivity index is 1.98. The number of benzene rings is 1. The van der Waals surface area contributed by atoms with Crippen molar-refractivity contribution in [1.29, 1.82) is 0 Å². The number of ether oxygens (including phenoxy) is 1. The predicted octanol–water partition coefficient (Wildman–Crippen LogP) is 1.97. The van der Waals surface area contributed by atoms with Crippen LogP contribution in [0.1, 0.15) is 5.56 Å². The van der Waals surface area contributed by atoms with Crippen LogP contribution in [0.25, 0.3) is 0 Å². The first kappa shape index (κ1) is 12.1. The Kier molecular flexibility index (Phi) is 3.78. The zero-order chi connectivity index (χ0) is 12.3. The summed E-state index contributed by atoms with van der Waals surface area (Å²) in [5.41, 5.74) is 1.10. The summed E-state index contributed by atoms with van der Waals surface area (Å²) in [4.78, 5) is 24.0. The molecule has 1 atom stereocenters. The fourth-order valence-corrected chi connectivity index (χ4v) is 2.08. The molecule has 1 fully saturated rings. The summed E-state index contributed by atoms with van der Waals surface area (Å²) in [6, 6.07) is 9.76. The van der Waals surface area contributed by atoms with E-state index in [1.54, 1.807) is 0 Å². The lowest BCUT2D eigenvalue weighted by molar-refractivity contribution is -0.124. The van der Waals surface area contributed by atoms with Crippen molar-refractivity contribution in [1.82, 2.24) is 4.90 Å². The summed E-state index contributed by atoms with van der Waals surface area (Å²) in [5.74, 6) is -0.259. The van der Waals surface area contributed by atoms with Crippen LogP contribution in [0.3, 0.4) is 0 Å². The van der Waals surface area contributed by atoms with Gasteiger partial charge in [0.25, 0.3) is 0 Å². The van der Waals surface area contributed by atoms with E-state index in [0.29, 0.717) is 13.0 Å². The second-order valence-electron chi connectivity index (χ2n) is 3.83. The van der Waals surface area contributed by atoms with Crippen molar-refractivity contribution in [2.24, 2.45) is 0 Å². The number of hydrogen-bond acceptors (Lipinski definition) is 3. The Bertz CT molecular complexity index is 421. The highest BCUT2D eigenvalue weighted by molar-refractivity contribution is 9.09. The Morgan fingerprint density at radius 2 is 2.12 bits per heavy atom.